The van der Waals surface area contributed by atoms with Crippen LogP contribution in [0.15, 0.2) is 24.3 Å². The highest BCUT2D eigenvalue weighted by Gasteiger charge is 2.29. The van der Waals surface area contributed by atoms with Crippen LogP contribution < -0.4 is 11.1 Å². The van der Waals surface area contributed by atoms with Crippen molar-refractivity contribution < 1.29 is 18.0 Å². The first-order valence-electron chi connectivity index (χ1n) is 3.63. The zero-order valence-corrected chi connectivity index (χ0v) is 8.15. The number of nitrogens with one attached hydrogen (secondary N) is 1. The van der Waals surface area contributed by atoms with Gasteiger partial charge in [-0.25, -0.2) is 4.79 Å². The first kappa shape index (κ1) is 13.6. The van der Waals surface area contributed by atoms with E-state index in [9.17, 15) is 18.0 Å². The summed E-state index contributed by atoms with van der Waals surface area (Å²) in [5.41, 5.74) is 4.23. The summed E-state index contributed by atoms with van der Waals surface area (Å²) in [5, 5.41) is 2.15. The average Bonchev–Trinajstić information content (AvgIpc) is 2.02. The highest BCUT2D eigenvalue weighted by Crippen LogP contribution is 2.29. The first-order chi connectivity index (χ1) is 6.39. The summed E-state index contributed by atoms with van der Waals surface area (Å²) >= 11 is 0. The standard InChI is InChI=1S/C8H7F3N2O.ClH/c9-8(10,11)5-1-3-6(4-2-5)13-7(12)14;/h1-4H,(H3,12,13,14);1H. The number of nitrogens with two attached hydrogens (primary N) is 1. The summed E-state index contributed by atoms with van der Waals surface area (Å²) < 4.78 is 36.2. The predicted octanol–water partition coefficient (Wildman–Crippen LogP) is 2.62. The van der Waals surface area contributed by atoms with Crippen molar-refractivity contribution in [2.45, 2.75) is 6.18 Å². The van der Waals surface area contributed by atoms with Crippen molar-refractivity contribution in [2.24, 2.45) is 5.73 Å². The van der Waals surface area contributed by atoms with E-state index in [1.165, 1.54) is 0 Å². The molecule has 7 heteroatoms. The van der Waals surface area contributed by atoms with Crippen LogP contribution in [0.1, 0.15) is 5.56 Å². The fourth-order valence-corrected chi connectivity index (χ4v) is 0.885. The van der Waals surface area contributed by atoms with E-state index >= 15 is 0 Å². The third-order valence-corrected chi connectivity index (χ3v) is 1.48. The first-order valence-corrected chi connectivity index (χ1v) is 3.63. The second kappa shape index (κ2) is 4.88. The molecule has 0 aromatic heterocycles. The molecule has 0 radical (unpaired) electrons. The molecular formula is C8H8ClF3N2O. The van der Waals surface area contributed by atoms with Crippen LogP contribution in [0, 0.1) is 0 Å². The van der Waals surface area contributed by atoms with E-state index in [2.05, 4.69) is 5.32 Å². The quantitative estimate of drug-likeness (QED) is 0.779. The number of alkyl halides is 3. The molecule has 0 unspecified atom stereocenters. The molecule has 0 fully saturated rings. The molecule has 2 amide bonds. The van der Waals surface area contributed by atoms with Gasteiger partial charge in [0.1, 0.15) is 0 Å². The highest BCUT2D eigenvalue weighted by molar-refractivity contribution is 5.87. The molecule has 0 spiro atoms. The topological polar surface area (TPSA) is 55.1 Å². The second-order valence-electron chi connectivity index (χ2n) is 2.56. The summed E-state index contributed by atoms with van der Waals surface area (Å²) in [6.07, 6.45) is -4.37. The van der Waals surface area contributed by atoms with Gasteiger partial charge in [0.2, 0.25) is 0 Å². The number of primary amides is 1. The van der Waals surface area contributed by atoms with E-state index in [0.29, 0.717) is 0 Å². The Morgan fingerprint density at radius 1 is 1.20 bits per heavy atom. The van der Waals surface area contributed by atoms with Crippen molar-refractivity contribution in [3.8, 4) is 0 Å². The third-order valence-electron chi connectivity index (χ3n) is 1.48. The molecule has 1 aromatic carbocycles. The fraction of sp³-hybridized carbons (Fsp3) is 0.125. The molecule has 3 N–H and O–H groups in total. The van der Waals surface area contributed by atoms with E-state index < -0.39 is 17.8 Å². The van der Waals surface area contributed by atoms with Crippen LogP contribution in [0.4, 0.5) is 23.7 Å². The number of amides is 2. The Hall–Kier alpha value is -1.43. The third kappa shape index (κ3) is 4.07. The van der Waals surface area contributed by atoms with Gasteiger partial charge in [0.15, 0.2) is 0 Å². The largest absolute Gasteiger partial charge is 0.416 e. The molecule has 0 bridgehead atoms. The molecular weight excluding hydrogens is 233 g/mol. The summed E-state index contributed by atoms with van der Waals surface area (Å²) in [5.74, 6) is 0. The van der Waals surface area contributed by atoms with Crippen LogP contribution in [0.25, 0.3) is 0 Å². The van der Waals surface area contributed by atoms with Gasteiger partial charge in [0.05, 0.1) is 5.56 Å². The normalized spacial score (nSPS) is 10.3. The van der Waals surface area contributed by atoms with Gasteiger partial charge in [-0.3, -0.25) is 0 Å². The average molecular weight is 241 g/mol. The van der Waals surface area contributed by atoms with Gasteiger partial charge < -0.3 is 11.1 Å². The monoisotopic (exact) mass is 240 g/mol. The van der Waals surface area contributed by atoms with Crippen LogP contribution >= 0.6 is 12.4 Å². The molecule has 1 aromatic rings. The van der Waals surface area contributed by atoms with Crippen LogP contribution in [-0.2, 0) is 6.18 Å². The summed E-state index contributed by atoms with van der Waals surface area (Å²) in [6, 6.07) is 3.18. The van der Waals surface area contributed by atoms with Crippen molar-refractivity contribution >= 4 is 24.1 Å². The fourth-order valence-electron chi connectivity index (χ4n) is 0.885. The van der Waals surface area contributed by atoms with Gasteiger partial charge in [-0.1, -0.05) is 0 Å². The van der Waals surface area contributed by atoms with Crippen LogP contribution in [0.3, 0.4) is 0 Å². The Kier molecular flexibility index (Phi) is 4.41. The van der Waals surface area contributed by atoms with Gasteiger partial charge in [-0.15, -0.1) is 12.4 Å². The van der Waals surface area contributed by atoms with Crippen molar-refractivity contribution in [1.29, 1.82) is 0 Å². The molecule has 15 heavy (non-hydrogen) atoms. The van der Waals surface area contributed by atoms with Gasteiger partial charge in [0, 0.05) is 5.69 Å². The van der Waals surface area contributed by atoms with Crippen molar-refractivity contribution in [2.75, 3.05) is 5.32 Å². The maximum atomic E-state index is 12.1. The number of urea groups is 1. The molecule has 0 heterocycles. The summed E-state index contributed by atoms with van der Waals surface area (Å²) in [4.78, 5) is 10.3. The zero-order chi connectivity index (χ0) is 10.8. The molecule has 0 aliphatic carbocycles. The van der Waals surface area contributed by atoms with Crippen LogP contribution in [0.2, 0.25) is 0 Å². The Balaban J connectivity index is 0.00000196. The minimum Gasteiger partial charge on any atom is -0.351 e. The minimum atomic E-state index is -4.37. The summed E-state index contributed by atoms with van der Waals surface area (Å²) in [6.45, 7) is 0. The van der Waals surface area contributed by atoms with Gasteiger partial charge in [0.25, 0.3) is 0 Å². The Morgan fingerprint density at radius 2 is 1.67 bits per heavy atom. The molecule has 3 nitrogen and oxygen atoms in total. The minimum absolute atomic E-state index is 0. The van der Waals surface area contributed by atoms with E-state index in [-0.39, 0.29) is 18.1 Å². The van der Waals surface area contributed by atoms with Crippen LogP contribution in [-0.4, -0.2) is 6.03 Å². The number of rotatable bonds is 1. The van der Waals surface area contributed by atoms with E-state index in [1.54, 1.807) is 0 Å². The van der Waals surface area contributed by atoms with E-state index in [4.69, 9.17) is 5.73 Å². The molecule has 0 aliphatic heterocycles. The number of hydrogen-bond acceptors (Lipinski definition) is 1. The Labute approximate surface area is 89.9 Å². The molecule has 0 saturated heterocycles. The Bertz CT molecular complexity index is 337. The number of benzene rings is 1. The lowest BCUT2D eigenvalue weighted by molar-refractivity contribution is -0.137. The predicted molar refractivity (Wildman–Crippen MR) is 51.9 cm³/mol. The molecule has 0 atom stereocenters. The summed E-state index contributed by atoms with van der Waals surface area (Å²) in [7, 11) is 0. The lowest BCUT2D eigenvalue weighted by Crippen LogP contribution is -2.19. The molecule has 0 saturated carbocycles. The second-order valence-corrected chi connectivity index (χ2v) is 2.56. The van der Waals surface area contributed by atoms with E-state index in [1.807, 2.05) is 0 Å². The maximum absolute atomic E-state index is 12.1. The smallest absolute Gasteiger partial charge is 0.351 e. The SMILES string of the molecule is Cl.NC(=O)Nc1ccc(C(F)(F)F)cc1. The number of hydrogen-bond donors (Lipinski definition) is 2. The maximum Gasteiger partial charge on any atom is 0.416 e. The number of carbonyl (C=O) groups is 1. The molecule has 0 aliphatic rings. The number of anilines is 1. The van der Waals surface area contributed by atoms with Crippen molar-refractivity contribution in [3.63, 3.8) is 0 Å². The lowest BCUT2D eigenvalue weighted by atomic mass is 10.2. The van der Waals surface area contributed by atoms with E-state index in [0.717, 1.165) is 24.3 Å². The molecule has 84 valence electrons. The van der Waals surface area contributed by atoms with Crippen molar-refractivity contribution in [3.05, 3.63) is 29.8 Å². The van der Waals surface area contributed by atoms with Gasteiger partial charge in [-0.2, -0.15) is 13.2 Å². The number of carbonyl (C=O) groups excluding carboxylic acids is 1. The van der Waals surface area contributed by atoms with Gasteiger partial charge in [-0.05, 0) is 24.3 Å². The highest BCUT2D eigenvalue weighted by atomic mass is 35.5. The van der Waals surface area contributed by atoms with Crippen molar-refractivity contribution in [1.82, 2.24) is 0 Å². The lowest BCUT2D eigenvalue weighted by Gasteiger charge is -2.07. The van der Waals surface area contributed by atoms with Gasteiger partial charge >= 0.3 is 12.2 Å². The Morgan fingerprint density at radius 3 is 2.00 bits per heavy atom. The zero-order valence-electron chi connectivity index (χ0n) is 7.34. The molecule has 1 rings (SSSR count). The van der Waals surface area contributed by atoms with Crippen LogP contribution in [0.5, 0.6) is 0 Å². The number of halogens is 4.